The molecular formula is C30H29N3O5. The van der Waals surface area contributed by atoms with Gasteiger partial charge in [0.15, 0.2) is 11.5 Å². The molecule has 8 nitrogen and oxygen atoms in total. The lowest BCUT2D eigenvalue weighted by Gasteiger charge is -2.27. The Hall–Kier alpha value is -4.46. The molecule has 2 aliphatic rings. The van der Waals surface area contributed by atoms with E-state index < -0.39 is 0 Å². The summed E-state index contributed by atoms with van der Waals surface area (Å²) in [5.41, 5.74) is 4.96. The van der Waals surface area contributed by atoms with Crippen molar-refractivity contribution in [3.63, 3.8) is 0 Å². The standard InChI is InChI=1S/C30H29N3O5/c1-3-4-15-36-23-12-8-21(9-13-23)29-26-27(20-6-10-22(35-2)11-7-20)31-32-28(26)30(34)33(29)17-19-5-14-24-25(16-19)38-18-37-24/h5-14,16,29H,3-4,15,17-18H2,1-2H3,(H,31,32). The summed E-state index contributed by atoms with van der Waals surface area (Å²) in [4.78, 5) is 15.6. The zero-order valence-electron chi connectivity index (χ0n) is 21.4. The fourth-order valence-electron chi connectivity index (χ4n) is 4.99. The van der Waals surface area contributed by atoms with Crippen molar-refractivity contribution in [3.05, 3.63) is 89.1 Å². The summed E-state index contributed by atoms with van der Waals surface area (Å²) in [5, 5.41) is 7.60. The molecule has 3 heterocycles. The normalized spacial score (nSPS) is 15.6. The lowest BCUT2D eigenvalue weighted by atomic mass is 9.95. The Morgan fingerprint density at radius 1 is 1.00 bits per heavy atom. The molecule has 3 aromatic carbocycles. The Balaban J connectivity index is 1.38. The van der Waals surface area contributed by atoms with Crippen LogP contribution in [0.1, 0.15) is 53.0 Å². The molecule has 1 amide bonds. The third-order valence-corrected chi connectivity index (χ3v) is 6.98. The smallest absolute Gasteiger partial charge is 0.273 e. The highest BCUT2D eigenvalue weighted by Gasteiger charge is 2.42. The number of aromatic amines is 1. The second-order valence-corrected chi connectivity index (χ2v) is 9.38. The Labute approximate surface area is 221 Å². The average molecular weight is 512 g/mol. The number of methoxy groups -OCH3 is 1. The number of nitrogens with zero attached hydrogens (tertiary/aromatic N) is 2. The summed E-state index contributed by atoms with van der Waals surface area (Å²) in [6.07, 6.45) is 2.08. The molecule has 0 bridgehead atoms. The minimum absolute atomic E-state index is 0.0989. The van der Waals surface area contributed by atoms with Gasteiger partial charge in [-0.15, -0.1) is 0 Å². The van der Waals surface area contributed by atoms with Gasteiger partial charge in [-0.25, -0.2) is 0 Å². The van der Waals surface area contributed by atoms with Crippen molar-refractivity contribution in [2.24, 2.45) is 0 Å². The lowest BCUT2D eigenvalue weighted by Crippen LogP contribution is -2.29. The topological polar surface area (TPSA) is 85.9 Å². The predicted molar refractivity (Wildman–Crippen MR) is 142 cm³/mol. The Bertz CT molecular complexity index is 1450. The van der Waals surface area contributed by atoms with Gasteiger partial charge in [-0.05, 0) is 66.1 Å². The van der Waals surface area contributed by atoms with Gasteiger partial charge < -0.3 is 23.8 Å². The third-order valence-electron chi connectivity index (χ3n) is 6.98. The number of aromatic nitrogens is 2. The molecule has 0 fully saturated rings. The van der Waals surface area contributed by atoms with Gasteiger partial charge in [-0.2, -0.15) is 5.10 Å². The Morgan fingerprint density at radius 2 is 1.76 bits per heavy atom. The fraction of sp³-hybridized carbons (Fsp3) is 0.267. The maximum absolute atomic E-state index is 13.8. The molecule has 6 rings (SSSR count). The maximum atomic E-state index is 13.8. The van der Waals surface area contributed by atoms with Gasteiger partial charge in [0.1, 0.15) is 17.2 Å². The summed E-state index contributed by atoms with van der Waals surface area (Å²) in [7, 11) is 1.64. The zero-order chi connectivity index (χ0) is 26.1. The largest absolute Gasteiger partial charge is 0.497 e. The van der Waals surface area contributed by atoms with Gasteiger partial charge in [0.05, 0.1) is 25.5 Å². The van der Waals surface area contributed by atoms with E-state index in [1.54, 1.807) is 7.11 Å². The van der Waals surface area contributed by atoms with Gasteiger partial charge in [0.25, 0.3) is 5.91 Å². The second kappa shape index (κ2) is 10.1. The summed E-state index contributed by atoms with van der Waals surface area (Å²) in [6, 6.07) is 21.2. The maximum Gasteiger partial charge on any atom is 0.273 e. The number of carbonyl (C=O) groups is 1. The summed E-state index contributed by atoms with van der Waals surface area (Å²) >= 11 is 0. The molecule has 1 atom stereocenters. The highest BCUT2D eigenvalue weighted by Crippen LogP contribution is 2.44. The van der Waals surface area contributed by atoms with Crippen LogP contribution < -0.4 is 18.9 Å². The fourth-order valence-corrected chi connectivity index (χ4v) is 4.99. The number of hydrogen-bond acceptors (Lipinski definition) is 6. The van der Waals surface area contributed by atoms with Crippen LogP contribution in [-0.2, 0) is 6.54 Å². The lowest BCUT2D eigenvalue weighted by molar-refractivity contribution is 0.0730. The number of hydrogen-bond donors (Lipinski definition) is 1. The highest BCUT2D eigenvalue weighted by molar-refractivity contribution is 6.00. The van der Waals surface area contributed by atoms with Crippen LogP contribution in [0.2, 0.25) is 0 Å². The van der Waals surface area contributed by atoms with E-state index in [1.807, 2.05) is 71.6 Å². The molecule has 4 aromatic rings. The molecule has 2 aliphatic heterocycles. The van der Waals surface area contributed by atoms with Gasteiger partial charge >= 0.3 is 0 Å². The summed E-state index contributed by atoms with van der Waals surface area (Å²) in [6.45, 7) is 3.43. The predicted octanol–water partition coefficient (Wildman–Crippen LogP) is 5.74. The van der Waals surface area contributed by atoms with E-state index in [9.17, 15) is 4.79 Å². The van der Waals surface area contributed by atoms with Gasteiger partial charge in [-0.3, -0.25) is 9.89 Å². The van der Waals surface area contributed by atoms with Crippen molar-refractivity contribution in [2.45, 2.75) is 32.4 Å². The van der Waals surface area contributed by atoms with Crippen molar-refractivity contribution in [3.8, 4) is 34.3 Å². The third kappa shape index (κ3) is 4.32. The minimum Gasteiger partial charge on any atom is -0.497 e. The van der Waals surface area contributed by atoms with Gasteiger partial charge in [-0.1, -0.05) is 31.5 Å². The van der Waals surface area contributed by atoms with E-state index in [0.717, 1.165) is 52.3 Å². The average Bonchev–Trinajstić information content (AvgIpc) is 3.66. The van der Waals surface area contributed by atoms with E-state index in [-0.39, 0.29) is 18.7 Å². The van der Waals surface area contributed by atoms with E-state index in [0.29, 0.717) is 30.3 Å². The van der Waals surface area contributed by atoms with Crippen LogP contribution in [0.15, 0.2) is 66.7 Å². The first kappa shape index (κ1) is 23.9. The first-order valence-electron chi connectivity index (χ1n) is 12.8. The van der Waals surface area contributed by atoms with Gasteiger partial charge in [0.2, 0.25) is 6.79 Å². The first-order chi connectivity index (χ1) is 18.7. The number of ether oxygens (including phenoxy) is 4. The monoisotopic (exact) mass is 511 g/mol. The number of carbonyl (C=O) groups excluding carboxylic acids is 1. The summed E-state index contributed by atoms with van der Waals surface area (Å²) < 4.78 is 22.2. The van der Waals surface area contributed by atoms with Crippen LogP contribution in [0, 0.1) is 0 Å². The zero-order valence-corrected chi connectivity index (χ0v) is 21.4. The quantitative estimate of drug-likeness (QED) is 0.289. The van der Waals surface area contributed by atoms with Crippen LogP contribution >= 0.6 is 0 Å². The highest BCUT2D eigenvalue weighted by atomic mass is 16.7. The number of nitrogens with one attached hydrogen (secondary N) is 1. The first-order valence-corrected chi connectivity index (χ1v) is 12.8. The molecule has 0 spiro atoms. The molecule has 194 valence electrons. The summed E-state index contributed by atoms with van der Waals surface area (Å²) in [5.74, 6) is 2.89. The van der Waals surface area contributed by atoms with Crippen LogP contribution in [0.3, 0.4) is 0 Å². The van der Waals surface area contributed by atoms with Crippen molar-refractivity contribution < 1.29 is 23.7 Å². The number of fused-ring (bicyclic) bond motifs is 2. The molecular weight excluding hydrogens is 482 g/mol. The van der Waals surface area contributed by atoms with E-state index >= 15 is 0 Å². The van der Waals surface area contributed by atoms with E-state index in [2.05, 4.69) is 17.1 Å². The van der Waals surface area contributed by atoms with Crippen molar-refractivity contribution >= 4 is 5.91 Å². The van der Waals surface area contributed by atoms with Crippen molar-refractivity contribution in [2.75, 3.05) is 20.5 Å². The number of rotatable bonds is 9. The van der Waals surface area contributed by atoms with E-state index in [1.165, 1.54) is 0 Å². The molecule has 0 saturated carbocycles. The molecule has 8 heteroatoms. The number of benzene rings is 3. The van der Waals surface area contributed by atoms with Crippen molar-refractivity contribution in [1.29, 1.82) is 0 Å². The number of H-pyrrole nitrogens is 1. The van der Waals surface area contributed by atoms with Crippen LogP contribution in [-0.4, -0.2) is 41.5 Å². The SMILES string of the molecule is CCCCOc1ccc(C2c3c(-c4ccc(OC)cc4)n[nH]c3C(=O)N2Cc2ccc3c(c2)OCO3)cc1. The Morgan fingerprint density at radius 3 is 2.53 bits per heavy atom. The Kier molecular flexibility index (Phi) is 6.37. The van der Waals surface area contributed by atoms with Crippen LogP contribution in [0.5, 0.6) is 23.0 Å². The number of amides is 1. The van der Waals surface area contributed by atoms with Crippen LogP contribution in [0.25, 0.3) is 11.3 Å². The molecule has 38 heavy (non-hydrogen) atoms. The second-order valence-electron chi connectivity index (χ2n) is 9.38. The molecule has 1 unspecified atom stereocenters. The molecule has 0 aliphatic carbocycles. The van der Waals surface area contributed by atoms with Gasteiger partial charge in [0, 0.05) is 17.7 Å². The van der Waals surface area contributed by atoms with Crippen LogP contribution in [0.4, 0.5) is 0 Å². The molecule has 0 radical (unpaired) electrons. The molecule has 1 aromatic heterocycles. The minimum atomic E-state index is -0.330. The molecule has 0 saturated heterocycles. The van der Waals surface area contributed by atoms with Crippen molar-refractivity contribution in [1.82, 2.24) is 15.1 Å². The number of unbranched alkanes of at least 4 members (excludes halogenated alkanes) is 1. The van der Waals surface area contributed by atoms with E-state index in [4.69, 9.17) is 18.9 Å². The molecule has 1 N–H and O–H groups in total.